The molecule has 2 aliphatic heterocycles. The Morgan fingerprint density at radius 3 is 2.45 bits per heavy atom. The van der Waals surface area contributed by atoms with Crippen LogP contribution in [0, 0.1) is 6.92 Å². The van der Waals surface area contributed by atoms with Gasteiger partial charge in [-0.05, 0) is 43.4 Å². The maximum atomic E-state index is 13.4. The molecule has 2 fully saturated rings. The minimum atomic E-state index is -0.886. The van der Waals surface area contributed by atoms with E-state index in [9.17, 15) is 14.4 Å². The number of amides is 4. The molecule has 0 saturated carbocycles. The molecule has 0 N–H and O–H groups in total. The highest BCUT2D eigenvalue weighted by Crippen LogP contribution is 2.39. The number of likely N-dealkylation sites (tertiary alicyclic amines) is 1. The Kier molecular flexibility index (Phi) is 5.76. The Hall–Kier alpha value is -3.22. The molecule has 0 unspecified atom stereocenters. The number of hydrogen-bond donors (Lipinski definition) is 0. The molecule has 0 bridgehead atoms. The molecule has 7 nitrogen and oxygen atoms in total. The Labute approximate surface area is 182 Å². The molecule has 4 amide bonds. The fourth-order valence-electron chi connectivity index (χ4n) is 4.61. The van der Waals surface area contributed by atoms with Crippen molar-refractivity contribution in [3.63, 3.8) is 0 Å². The lowest BCUT2D eigenvalue weighted by molar-refractivity contribution is -0.135. The number of aryl methyl sites for hydroxylation is 1. The molecule has 4 rings (SSSR count). The summed E-state index contributed by atoms with van der Waals surface area (Å²) in [6, 6.07) is 11.3. The molecule has 3 heterocycles. The standard InChI is InChI=1S/C24H28N4O3/c1-3-13-27-22(30)24(28(23(27)31)17-19-7-5-4-6-8-19)10-14-26(15-11-24)21(29)20-16-25-12-9-18(20)2/h4-9,12,16H,3,10-11,13-15,17H2,1-2H3. The number of benzene rings is 1. The third-order valence-electron chi connectivity index (χ3n) is 6.40. The molecule has 2 aliphatic rings. The summed E-state index contributed by atoms with van der Waals surface area (Å²) in [6.07, 6.45) is 4.86. The fraction of sp³-hybridized carbons (Fsp3) is 0.417. The second-order valence-electron chi connectivity index (χ2n) is 8.33. The van der Waals surface area contributed by atoms with Crippen LogP contribution in [-0.4, -0.2) is 62.7 Å². The molecule has 0 aliphatic carbocycles. The first kappa shape index (κ1) is 21.0. The first-order chi connectivity index (χ1) is 15.0. The van der Waals surface area contributed by atoms with E-state index in [0.29, 0.717) is 44.6 Å². The monoisotopic (exact) mass is 420 g/mol. The highest BCUT2D eigenvalue weighted by atomic mass is 16.2. The van der Waals surface area contributed by atoms with E-state index in [2.05, 4.69) is 4.98 Å². The van der Waals surface area contributed by atoms with E-state index in [4.69, 9.17) is 0 Å². The van der Waals surface area contributed by atoms with Crippen LogP contribution in [0.4, 0.5) is 4.79 Å². The zero-order valence-corrected chi connectivity index (χ0v) is 18.1. The van der Waals surface area contributed by atoms with Crippen LogP contribution < -0.4 is 0 Å². The smallest absolute Gasteiger partial charge is 0.327 e. The maximum absolute atomic E-state index is 13.4. The molecule has 7 heteroatoms. The average molecular weight is 421 g/mol. The van der Waals surface area contributed by atoms with E-state index in [1.807, 2.05) is 50.2 Å². The van der Waals surface area contributed by atoms with Gasteiger partial charge < -0.3 is 9.80 Å². The zero-order chi connectivity index (χ0) is 22.0. The molecule has 31 heavy (non-hydrogen) atoms. The molecule has 1 spiro atoms. The SMILES string of the molecule is CCCN1C(=O)N(Cc2ccccc2)C2(CCN(C(=O)c3cnccc3C)CC2)C1=O. The minimum Gasteiger partial charge on any atom is -0.338 e. The number of rotatable bonds is 5. The van der Waals surface area contributed by atoms with E-state index >= 15 is 0 Å². The van der Waals surface area contributed by atoms with Gasteiger partial charge in [0, 0.05) is 38.6 Å². The van der Waals surface area contributed by atoms with Crippen LogP contribution in [0.15, 0.2) is 48.8 Å². The summed E-state index contributed by atoms with van der Waals surface area (Å²) in [5, 5.41) is 0. The first-order valence-corrected chi connectivity index (χ1v) is 10.9. The van der Waals surface area contributed by atoms with Gasteiger partial charge in [0.05, 0.1) is 5.56 Å². The average Bonchev–Trinajstić information content (AvgIpc) is 2.97. The number of hydrogen-bond acceptors (Lipinski definition) is 4. The topological polar surface area (TPSA) is 73.8 Å². The van der Waals surface area contributed by atoms with Gasteiger partial charge in [-0.2, -0.15) is 0 Å². The summed E-state index contributed by atoms with van der Waals surface area (Å²) < 4.78 is 0. The number of carbonyl (C=O) groups is 3. The van der Waals surface area contributed by atoms with Crippen molar-refractivity contribution >= 4 is 17.8 Å². The first-order valence-electron chi connectivity index (χ1n) is 10.9. The lowest BCUT2D eigenvalue weighted by Crippen LogP contribution is -2.57. The van der Waals surface area contributed by atoms with Crippen molar-refractivity contribution < 1.29 is 14.4 Å². The van der Waals surface area contributed by atoms with Crippen LogP contribution in [0.3, 0.4) is 0 Å². The van der Waals surface area contributed by atoms with Gasteiger partial charge in [-0.3, -0.25) is 19.5 Å². The third-order valence-corrected chi connectivity index (χ3v) is 6.40. The number of imide groups is 1. The second-order valence-corrected chi connectivity index (χ2v) is 8.33. The van der Waals surface area contributed by atoms with Crippen molar-refractivity contribution in [2.75, 3.05) is 19.6 Å². The number of aromatic nitrogens is 1. The Morgan fingerprint density at radius 2 is 1.81 bits per heavy atom. The van der Waals surface area contributed by atoms with E-state index in [1.165, 1.54) is 4.90 Å². The summed E-state index contributed by atoms with van der Waals surface area (Å²) >= 11 is 0. The Balaban J connectivity index is 1.58. The van der Waals surface area contributed by atoms with E-state index < -0.39 is 5.54 Å². The van der Waals surface area contributed by atoms with Crippen LogP contribution in [0.25, 0.3) is 0 Å². The van der Waals surface area contributed by atoms with Gasteiger partial charge in [-0.1, -0.05) is 37.3 Å². The van der Waals surface area contributed by atoms with Crippen molar-refractivity contribution in [3.05, 3.63) is 65.5 Å². The van der Waals surface area contributed by atoms with Gasteiger partial charge >= 0.3 is 6.03 Å². The largest absolute Gasteiger partial charge is 0.338 e. The minimum absolute atomic E-state index is 0.0720. The predicted molar refractivity (Wildman–Crippen MR) is 116 cm³/mol. The molecule has 162 valence electrons. The number of carbonyl (C=O) groups excluding carboxylic acids is 3. The lowest BCUT2D eigenvalue weighted by atomic mass is 9.85. The summed E-state index contributed by atoms with van der Waals surface area (Å²) in [6.45, 7) is 5.52. The van der Waals surface area contributed by atoms with Gasteiger partial charge in [0.15, 0.2) is 0 Å². The normalized spacial score (nSPS) is 18.2. The van der Waals surface area contributed by atoms with Crippen LogP contribution in [0.1, 0.15) is 47.7 Å². The number of piperidine rings is 1. The van der Waals surface area contributed by atoms with Crippen LogP contribution in [-0.2, 0) is 11.3 Å². The zero-order valence-electron chi connectivity index (χ0n) is 18.1. The van der Waals surface area contributed by atoms with Gasteiger partial charge in [0.1, 0.15) is 5.54 Å². The molecule has 2 aromatic rings. The Morgan fingerprint density at radius 1 is 1.10 bits per heavy atom. The second kappa shape index (κ2) is 8.49. The van der Waals surface area contributed by atoms with Crippen molar-refractivity contribution in [3.8, 4) is 0 Å². The van der Waals surface area contributed by atoms with Crippen molar-refractivity contribution in [2.45, 2.75) is 45.2 Å². The molecule has 0 atom stereocenters. The summed E-state index contributed by atoms with van der Waals surface area (Å²) in [4.78, 5) is 48.6. The van der Waals surface area contributed by atoms with Gasteiger partial charge in [-0.25, -0.2) is 4.79 Å². The van der Waals surface area contributed by atoms with E-state index in [0.717, 1.165) is 17.5 Å². The van der Waals surface area contributed by atoms with Crippen LogP contribution in [0.5, 0.6) is 0 Å². The number of urea groups is 1. The molecule has 1 aromatic carbocycles. The van der Waals surface area contributed by atoms with Crippen molar-refractivity contribution in [1.29, 1.82) is 0 Å². The van der Waals surface area contributed by atoms with Crippen LogP contribution in [0.2, 0.25) is 0 Å². The molecule has 2 saturated heterocycles. The summed E-state index contributed by atoms with van der Waals surface area (Å²) in [5.74, 6) is -0.197. The quantitative estimate of drug-likeness (QED) is 0.696. The van der Waals surface area contributed by atoms with Gasteiger partial charge in [0.25, 0.3) is 11.8 Å². The lowest BCUT2D eigenvalue weighted by Gasteiger charge is -2.42. The fourth-order valence-corrected chi connectivity index (χ4v) is 4.61. The van der Waals surface area contributed by atoms with Gasteiger partial charge in [-0.15, -0.1) is 0 Å². The van der Waals surface area contributed by atoms with Crippen molar-refractivity contribution in [2.24, 2.45) is 0 Å². The van der Waals surface area contributed by atoms with E-state index in [1.54, 1.807) is 22.2 Å². The van der Waals surface area contributed by atoms with E-state index in [-0.39, 0.29) is 17.8 Å². The summed E-state index contributed by atoms with van der Waals surface area (Å²) in [7, 11) is 0. The third kappa shape index (κ3) is 3.69. The predicted octanol–water partition coefficient (Wildman–Crippen LogP) is 3.24. The summed E-state index contributed by atoms with van der Waals surface area (Å²) in [5.41, 5.74) is 1.57. The number of nitrogens with zero attached hydrogens (tertiary/aromatic N) is 4. The number of pyridine rings is 1. The molecule has 0 radical (unpaired) electrons. The maximum Gasteiger partial charge on any atom is 0.327 e. The Bertz CT molecular complexity index is 983. The molecule has 1 aromatic heterocycles. The van der Waals surface area contributed by atoms with Gasteiger partial charge in [0.2, 0.25) is 0 Å². The highest BCUT2D eigenvalue weighted by molar-refractivity contribution is 6.07. The van der Waals surface area contributed by atoms with Crippen LogP contribution >= 0.6 is 0 Å². The molecular formula is C24H28N4O3. The van der Waals surface area contributed by atoms with Crippen molar-refractivity contribution in [1.82, 2.24) is 19.7 Å². The molecular weight excluding hydrogens is 392 g/mol. The highest BCUT2D eigenvalue weighted by Gasteiger charge is 2.57.